The van der Waals surface area contributed by atoms with Crippen LogP contribution >= 0.6 is 27.5 Å². The number of hydrogen-bond acceptors (Lipinski definition) is 2. The summed E-state index contributed by atoms with van der Waals surface area (Å²) in [7, 11) is 1.93. The van der Waals surface area contributed by atoms with E-state index in [1.54, 1.807) is 0 Å². The van der Waals surface area contributed by atoms with Gasteiger partial charge in [-0.3, -0.25) is 4.68 Å². The van der Waals surface area contributed by atoms with E-state index in [1.807, 2.05) is 29.9 Å². The predicted octanol–water partition coefficient (Wildman–Crippen LogP) is 3.64. The molecule has 19 heavy (non-hydrogen) atoms. The molecule has 0 saturated heterocycles. The number of hydrogen-bond donors (Lipinski definition) is 1. The lowest BCUT2D eigenvalue weighted by Gasteiger charge is -2.13. The highest BCUT2D eigenvalue weighted by Crippen LogP contribution is 2.25. The molecular weight excluding hydrogens is 326 g/mol. The lowest BCUT2D eigenvalue weighted by atomic mass is 10.0. The molecule has 0 aliphatic rings. The molecule has 2 rings (SSSR count). The molecule has 5 heteroatoms. The van der Waals surface area contributed by atoms with Gasteiger partial charge < -0.3 is 5.73 Å². The Morgan fingerprint density at radius 3 is 2.74 bits per heavy atom. The molecule has 1 heterocycles. The van der Waals surface area contributed by atoms with E-state index in [2.05, 4.69) is 34.0 Å². The minimum atomic E-state index is -0.100. The van der Waals surface area contributed by atoms with Crippen LogP contribution in [0.15, 0.2) is 28.7 Å². The summed E-state index contributed by atoms with van der Waals surface area (Å²) in [5.74, 6) is 0. The third-order valence-electron chi connectivity index (χ3n) is 3.16. The Morgan fingerprint density at radius 1 is 1.42 bits per heavy atom. The summed E-state index contributed by atoms with van der Waals surface area (Å²) in [4.78, 5) is 0. The zero-order valence-electron chi connectivity index (χ0n) is 11.0. The highest BCUT2D eigenvalue weighted by atomic mass is 79.9. The first-order valence-electron chi connectivity index (χ1n) is 6.23. The summed E-state index contributed by atoms with van der Waals surface area (Å²) < 4.78 is 2.83. The van der Waals surface area contributed by atoms with Crippen LogP contribution in [0.5, 0.6) is 0 Å². The van der Waals surface area contributed by atoms with E-state index in [0.29, 0.717) is 6.42 Å². The molecule has 3 nitrogen and oxygen atoms in total. The fourth-order valence-electron chi connectivity index (χ4n) is 2.09. The van der Waals surface area contributed by atoms with Crippen molar-refractivity contribution in [3.8, 4) is 0 Å². The summed E-state index contributed by atoms with van der Waals surface area (Å²) in [6.45, 7) is 2.09. The minimum Gasteiger partial charge on any atom is -0.322 e. The molecule has 1 aromatic carbocycles. The number of halogens is 2. The summed E-state index contributed by atoms with van der Waals surface area (Å²) >= 11 is 9.63. The van der Waals surface area contributed by atoms with Gasteiger partial charge >= 0.3 is 0 Å². The number of rotatable bonds is 4. The molecule has 0 amide bonds. The Balaban J connectivity index is 2.20. The molecule has 1 aromatic heterocycles. The number of nitrogens with zero attached hydrogens (tertiary/aromatic N) is 2. The van der Waals surface area contributed by atoms with Crippen LogP contribution in [0.25, 0.3) is 0 Å². The summed E-state index contributed by atoms with van der Waals surface area (Å²) in [5, 5.41) is 5.16. The average Bonchev–Trinajstić information content (AvgIpc) is 2.74. The predicted molar refractivity (Wildman–Crippen MR) is 82.4 cm³/mol. The molecule has 0 aliphatic heterocycles. The maximum absolute atomic E-state index is 6.27. The van der Waals surface area contributed by atoms with E-state index in [1.165, 1.54) is 0 Å². The lowest BCUT2D eigenvalue weighted by molar-refractivity contribution is 0.614. The van der Waals surface area contributed by atoms with Crippen molar-refractivity contribution in [1.29, 1.82) is 0 Å². The molecule has 0 bridgehead atoms. The number of aryl methyl sites for hydroxylation is 2. The largest absolute Gasteiger partial charge is 0.322 e. The van der Waals surface area contributed by atoms with Gasteiger partial charge in [-0.25, -0.2) is 0 Å². The van der Waals surface area contributed by atoms with Gasteiger partial charge in [-0.15, -0.1) is 0 Å². The van der Waals surface area contributed by atoms with Gasteiger partial charge in [-0.1, -0.05) is 40.5 Å². The third-order valence-corrected chi connectivity index (χ3v) is 4.01. The lowest BCUT2D eigenvalue weighted by Crippen LogP contribution is -2.17. The Kier molecular flexibility index (Phi) is 4.66. The van der Waals surface area contributed by atoms with Crippen LogP contribution in [-0.2, 0) is 19.9 Å². The maximum atomic E-state index is 6.27. The fourth-order valence-corrected chi connectivity index (χ4v) is 2.84. The quantitative estimate of drug-likeness (QED) is 0.922. The molecule has 1 atom stereocenters. The molecule has 2 aromatic rings. The second-order valence-electron chi connectivity index (χ2n) is 4.58. The van der Waals surface area contributed by atoms with Gasteiger partial charge in [0.1, 0.15) is 0 Å². The highest BCUT2D eigenvalue weighted by molar-refractivity contribution is 9.10. The topological polar surface area (TPSA) is 43.8 Å². The second kappa shape index (κ2) is 6.07. The molecule has 0 aliphatic carbocycles. The van der Waals surface area contributed by atoms with Crippen LogP contribution in [0.4, 0.5) is 0 Å². The van der Waals surface area contributed by atoms with Gasteiger partial charge in [0.15, 0.2) is 0 Å². The van der Waals surface area contributed by atoms with E-state index < -0.39 is 0 Å². The van der Waals surface area contributed by atoms with Gasteiger partial charge in [-0.05, 0) is 36.6 Å². The summed E-state index contributed by atoms with van der Waals surface area (Å²) in [6.07, 6.45) is 1.62. The van der Waals surface area contributed by atoms with Crippen molar-refractivity contribution < 1.29 is 0 Å². The number of nitrogens with two attached hydrogens (primary N) is 1. The van der Waals surface area contributed by atoms with Crippen molar-refractivity contribution in [2.24, 2.45) is 12.8 Å². The van der Waals surface area contributed by atoms with Crippen molar-refractivity contribution in [3.63, 3.8) is 0 Å². The molecular formula is C14H17BrClN3. The monoisotopic (exact) mass is 341 g/mol. The number of aromatic nitrogens is 2. The van der Waals surface area contributed by atoms with Crippen LogP contribution in [0.1, 0.15) is 29.9 Å². The van der Waals surface area contributed by atoms with E-state index in [9.17, 15) is 0 Å². The molecule has 2 N–H and O–H groups in total. The third kappa shape index (κ3) is 3.38. The van der Waals surface area contributed by atoms with Crippen molar-refractivity contribution in [3.05, 3.63) is 50.7 Å². The van der Waals surface area contributed by atoms with Gasteiger partial charge in [0.2, 0.25) is 0 Å². The Morgan fingerprint density at radius 2 is 2.16 bits per heavy atom. The van der Waals surface area contributed by atoms with Gasteiger partial charge in [0, 0.05) is 16.5 Å². The van der Waals surface area contributed by atoms with Gasteiger partial charge in [-0.2, -0.15) is 5.10 Å². The van der Waals surface area contributed by atoms with Crippen molar-refractivity contribution >= 4 is 27.5 Å². The van der Waals surface area contributed by atoms with Crippen LogP contribution in [0, 0.1) is 0 Å². The second-order valence-corrected chi connectivity index (χ2v) is 5.91. The van der Waals surface area contributed by atoms with E-state index in [0.717, 1.165) is 32.9 Å². The van der Waals surface area contributed by atoms with Gasteiger partial charge in [0.25, 0.3) is 0 Å². The first-order chi connectivity index (χ1) is 9.01. The smallest absolute Gasteiger partial charge is 0.0625 e. The van der Waals surface area contributed by atoms with Crippen molar-refractivity contribution in [2.75, 3.05) is 0 Å². The fraction of sp³-hybridized carbons (Fsp3) is 0.357. The SMILES string of the molecule is CCc1cc(C(N)Cc2ccc(Br)cc2Cl)n(C)n1. The normalized spacial score (nSPS) is 12.7. The molecule has 0 fully saturated rings. The Hall–Kier alpha value is -0.840. The van der Waals surface area contributed by atoms with Crippen LogP contribution < -0.4 is 5.73 Å². The molecule has 102 valence electrons. The maximum Gasteiger partial charge on any atom is 0.0625 e. The first-order valence-corrected chi connectivity index (χ1v) is 7.40. The first kappa shape index (κ1) is 14.6. The van der Waals surface area contributed by atoms with Crippen LogP contribution in [0.2, 0.25) is 5.02 Å². The van der Waals surface area contributed by atoms with Crippen molar-refractivity contribution in [1.82, 2.24) is 9.78 Å². The van der Waals surface area contributed by atoms with E-state index >= 15 is 0 Å². The molecule has 0 spiro atoms. The Labute approximate surface area is 126 Å². The minimum absolute atomic E-state index is 0.100. The van der Waals surface area contributed by atoms with Crippen molar-refractivity contribution in [2.45, 2.75) is 25.8 Å². The molecule has 0 saturated carbocycles. The van der Waals surface area contributed by atoms with Crippen LogP contribution in [-0.4, -0.2) is 9.78 Å². The standard InChI is InChI=1S/C14H17BrClN3/c1-3-11-8-14(19(2)18-11)13(17)6-9-4-5-10(15)7-12(9)16/h4-5,7-8,13H,3,6,17H2,1-2H3. The number of benzene rings is 1. The Bertz CT molecular complexity index is 580. The van der Waals surface area contributed by atoms with E-state index in [-0.39, 0.29) is 6.04 Å². The van der Waals surface area contributed by atoms with Crippen LogP contribution in [0.3, 0.4) is 0 Å². The zero-order chi connectivity index (χ0) is 14.0. The summed E-state index contributed by atoms with van der Waals surface area (Å²) in [5.41, 5.74) is 9.43. The zero-order valence-corrected chi connectivity index (χ0v) is 13.4. The summed E-state index contributed by atoms with van der Waals surface area (Å²) in [6, 6.07) is 7.84. The van der Waals surface area contributed by atoms with E-state index in [4.69, 9.17) is 17.3 Å². The average molecular weight is 343 g/mol. The highest BCUT2D eigenvalue weighted by Gasteiger charge is 2.14. The molecule has 1 unspecified atom stereocenters. The molecule has 0 radical (unpaired) electrons. The van der Waals surface area contributed by atoms with Gasteiger partial charge in [0.05, 0.1) is 17.4 Å².